The van der Waals surface area contributed by atoms with Crippen molar-refractivity contribution in [3.05, 3.63) is 42.0 Å². The molecule has 2 aromatic rings. The lowest BCUT2D eigenvalue weighted by molar-refractivity contribution is 0.128. The molecule has 0 unspecified atom stereocenters. The van der Waals surface area contributed by atoms with E-state index < -0.39 is 0 Å². The number of nitrogens with one attached hydrogen (secondary N) is 1. The van der Waals surface area contributed by atoms with Gasteiger partial charge in [0.05, 0.1) is 0 Å². The zero-order chi connectivity index (χ0) is 15.2. The van der Waals surface area contributed by atoms with E-state index in [1.165, 1.54) is 12.1 Å². The first-order valence-electron chi connectivity index (χ1n) is 6.76. The van der Waals surface area contributed by atoms with Gasteiger partial charge in [0.1, 0.15) is 24.1 Å². The minimum atomic E-state index is -0.261. The lowest BCUT2D eigenvalue weighted by atomic mass is 10.3. The van der Waals surface area contributed by atoms with Crippen LogP contribution in [0.3, 0.4) is 0 Å². The fourth-order valence-corrected chi connectivity index (χ4v) is 1.84. The fraction of sp³-hybridized carbons (Fsp3) is 0.333. The molecule has 0 fully saturated rings. The number of aromatic nitrogens is 2. The van der Waals surface area contributed by atoms with Crippen molar-refractivity contribution < 1.29 is 9.13 Å². The summed E-state index contributed by atoms with van der Waals surface area (Å²) in [5, 5.41) is 3.01. The Morgan fingerprint density at radius 1 is 1.24 bits per heavy atom. The van der Waals surface area contributed by atoms with Gasteiger partial charge >= 0.3 is 0 Å². The Morgan fingerprint density at radius 3 is 2.57 bits per heavy atom. The van der Waals surface area contributed by atoms with Crippen LogP contribution < -0.4 is 10.2 Å². The standard InChI is InChI=1S/C15H19FN4O/c1-4-21-10-14-18-13(17-2)9-15(19-14)20(3)12-7-5-11(16)6-8-12/h5-9H,4,10H2,1-3H3,(H,17,18,19). The van der Waals surface area contributed by atoms with E-state index in [4.69, 9.17) is 4.74 Å². The van der Waals surface area contributed by atoms with E-state index in [2.05, 4.69) is 15.3 Å². The molecular formula is C15H19FN4O. The number of halogens is 1. The van der Waals surface area contributed by atoms with Crippen LogP contribution in [-0.4, -0.2) is 30.7 Å². The van der Waals surface area contributed by atoms with Crippen molar-refractivity contribution in [3.63, 3.8) is 0 Å². The van der Waals surface area contributed by atoms with Gasteiger partial charge in [-0.15, -0.1) is 0 Å². The summed E-state index contributed by atoms with van der Waals surface area (Å²) in [7, 11) is 3.67. The van der Waals surface area contributed by atoms with Crippen LogP contribution in [0.4, 0.5) is 21.7 Å². The van der Waals surface area contributed by atoms with Gasteiger partial charge in [0.15, 0.2) is 5.82 Å². The number of hydrogen-bond donors (Lipinski definition) is 1. The molecule has 2 rings (SSSR count). The lowest BCUT2D eigenvalue weighted by Gasteiger charge is -2.19. The number of anilines is 3. The van der Waals surface area contributed by atoms with Gasteiger partial charge in [-0.3, -0.25) is 0 Å². The second-order valence-corrected chi connectivity index (χ2v) is 4.45. The number of benzene rings is 1. The van der Waals surface area contributed by atoms with Gasteiger partial charge in [0, 0.05) is 32.5 Å². The zero-order valence-electron chi connectivity index (χ0n) is 12.4. The molecule has 21 heavy (non-hydrogen) atoms. The SMILES string of the molecule is CCOCc1nc(NC)cc(N(C)c2ccc(F)cc2)n1. The maximum Gasteiger partial charge on any atom is 0.158 e. The van der Waals surface area contributed by atoms with Crippen molar-refractivity contribution in [1.82, 2.24) is 9.97 Å². The van der Waals surface area contributed by atoms with Crippen molar-refractivity contribution >= 4 is 17.3 Å². The average Bonchev–Trinajstić information content (AvgIpc) is 2.52. The number of nitrogens with zero attached hydrogens (tertiary/aromatic N) is 3. The predicted molar refractivity (Wildman–Crippen MR) is 81.4 cm³/mol. The summed E-state index contributed by atoms with van der Waals surface area (Å²) in [5.74, 6) is 1.77. The molecule has 0 radical (unpaired) electrons. The molecule has 0 aliphatic heterocycles. The van der Waals surface area contributed by atoms with Crippen molar-refractivity contribution in [2.45, 2.75) is 13.5 Å². The molecule has 0 aliphatic carbocycles. The van der Waals surface area contributed by atoms with Crippen LogP contribution in [0.25, 0.3) is 0 Å². The smallest absolute Gasteiger partial charge is 0.158 e. The molecule has 1 aromatic carbocycles. The number of rotatable bonds is 6. The Balaban J connectivity index is 2.30. The number of hydrogen-bond acceptors (Lipinski definition) is 5. The van der Waals surface area contributed by atoms with Crippen LogP contribution in [0.1, 0.15) is 12.7 Å². The molecule has 1 aromatic heterocycles. The lowest BCUT2D eigenvalue weighted by Crippen LogP contribution is -2.14. The topological polar surface area (TPSA) is 50.3 Å². The highest BCUT2D eigenvalue weighted by molar-refractivity contribution is 5.61. The first-order chi connectivity index (χ1) is 10.1. The third-order valence-corrected chi connectivity index (χ3v) is 3.01. The largest absolute Gasteiger partial charge is 0.374 e. The Hall–Kier alpha value is -2.21. The molecule has 0 aliphatic rings. The van der Waals surface area contributed by atoms with Crippen molar-refractivity contribution in [2.75, 3.05) is 30.9 Å². The summed E-state index contributed by atoms with van der Waals surface area (Å²) in [6, 6.07) is 8.09. The molecule has 5 nitrogen and oxygen atoms in total. The highest BCUT2D eigenvalue weighted by Crippen LogP contribution is 2.23. The summed E-state index contributed by atoms with van der Waals surface area (Å²) in [4.78, 5) is 10.7. The predicted octanol–water partition coefficient (Wildman–Crippen LogP) is 2.96. The third kappa shape index (κ3) is 3.88. The highest BCUT2D eigenvalue weighted by Gasteiger charge is 2.10. The first-order valence-corrected chi connectivity index (χ1v) is 6.76. The summed E-state index contributed by atoms with van der Waals surface area (Å²) < 4.78 is 18.4. The monoisotopic (exact) mass is 290 g/mol. The van der Waals surface area contributed by atoms with Gasteiger partial charge in [0.25, 0.3) is 0 Å². The van der Waals surface area contributed by atoms with E-state index in [9.17, 15) is 4.39 Å². The molecule has 0 atom stereocenters. The van der Waals surface area contributed by atoms with E-state index >= 15 is 0 Å². The second kappa shape index (κ2) is 6.99. The maximum atomic E-state index is 13.0. The Bertz CT molecular complexity index is 589. The normalized spacial score (nSPS) is 10.5. The molecule has 0 saturated carbocycles. The first kappa shape index (κ1) is 15.2. The minimum absolute atomic E-state index is 0.261. The van der Waals surface area contributed by atoms with Crippen LogP contribution in [0.2, 0.25) is 0 Å². The molecule has 1 heterocycles. The van der Waals surface area contributed by atoms with Crippen LogP contribution in [-0.2, 0) is 11.3 Å². The van der Waals surface area contributed by atoms with E-state index in [-0.39, 0.29) is 5.82 Å². The van der Waals surface area contributed by atoms with Crippen LogP contribution >= 0.6 is 0 Å². The van der Waals surface area contributed by atoms with Gasteiger partial charge in [0.2, 0.25) is 0 Å². The molecule has 0 amide bonds. The zero-order valence-corrected chi connectivity index (χ0v) is 12.4. The van der Waals surface area contributed by atoms with Crippen molar-refractivity contribution in [2.24, 2.45) is 0 Å². The van der Waals surface area contributed by atoms with Gasteiger partial charge < -0.3 is 15.0 Å². The van der Waals surface area contributed by atoms with Gasteiger partial charge in [-0.2, -0.15) is 0 Å². The maximum absolute atomic E-state index is 13.0. The Labute approximate surface area is 123 Å². The average molecular weight is 290 g/mol. The minimum Gasteiger partial charge on any atom is -0.374 e. The van der Waals surface area contributed by atoms with Crippen LogP contribution in [0.15, 0.2) is 30.3 Å². The quantitative estimate of drug-likeness (QED) is 0.886. The molecule has 0 saturated heterocycles. The molecule has 0 spiro atoms. The summed E-state index contributed by atoms with van der Waals surface area (Å²) >= 11 is 0. The fourth-order valence-electron chi connectivity index (χ4n) is 1.84. The van der Waals surface area contributed by atoms with Gasteiger partial charge in [-0.1, -0.05) is 0 Å². The van der Waals surface area contributed by atoms with E-state index in [1.807, 2.05) is 24.9 Å². The molecule has 6 heteroatoms. The van der Waals surface area contributed by atoms with E-state index in [1.54, 1.807) is 19.2 Å². The summed E-state index contributed by atoms with van der Waals surface area (Å²) in [5.41, 5.74) is 0.847. The van der Waals surface area contributed by atoms with Gasteiger partial charge in [-0.05, 0) is 31.2 Å². The van der Waals surface area contributed by atoms with Crippen LogP contribution in [0, 0.1) is 5.82 Å². The highest BCUT2D eigenvalue weighted by atomic mass is 19.1. The second-order valence-electron chi connectivity index (χ2n) is 4.45. The van der Waals surface area contributed by atoms with E-state index in [0.29, 0.717) is 24.9 Å². The molecular weight excluding hydrogens is 271 g/mol. The molecule has 0 bridgehead atoms. The number of ether oxygens (including phenoxy) is 1. The summed E-state index contributed by atoms with van der Waals surface area (Å²) in [6.45, 7) is 2.89. The molecule has 1 N–H and O–H groups in total. The Morgan fingerprint density at radius 2 is 1.95 bits per heavy atom. The van der Waals surface area contributed by atoms with Gasteiger partial charge in [-0.25, -0.2) is 14.4 Å². The van der Waals surface area contributed by atoms with E-state index in [0.717, 1.165) is 11.5 Å². The summed E-state index contributed by atoms with van der Waals surface area (Å²) in [6.07, 6.45) is 0. The Kier molecular flexibility index (Phi) is 5.05. The molecule has 112 valence electrons. The van der Waals surface area contributed by atoms with Crippen molar-refractivity contribution in [3.8, 4) is 0 Å². The third-order valence-electron chi connectivity index (χ3n) is 3.01. The van der Waals surface area contributed by atoms with Crippen LogP contribution in [0.5, 0.6) is 0 Å². The van der Waals surface area contributed by atoms with Crippen molar-refractivity contribution in [1.29, 1.82) is 0 Å².